The number of ketones is 1. The van der Waals surface area contributed by atoms with Crippen LogP contribution in [0.25, 0.3) is 10.9 Å². The van der Waals surface area contributed by atoms with Crippen molar-refractivity contribution >= 4 is 35.1 Å². The fraction of sp³-hybridized carbons (Fsp3) is 0.286. The predicted molar refractivity (Wildman–Crippen MR) is 79.2 cm³/mol. The second kappa shape index (κ2) is 6.54. The summed E-state index contributed by atoms with van der Waals surface area (Å²) >= 11 is 0. The lowest BCUT2D eigenvalue weighted by Crippen LogP contribution is -2.40. The van der Waals surface area contributed by atoms with E-state index in [1.54, 1.807) is 13.8 Å². The molecule has 0 spiro atoms. The molecule has 2 rings (SSSR count). The molecule has 0 aliphatic heterocycles. The molecule has 6 heteroatoms. The summed E-state index contributed by atoms with van der Waals surface area (Å²) in [6, 6.07) is 6.12. The van der Waals surface area contributed by atoms with Gasteiger partial charge < -0.3 is 15.5 Å². The van der Waals surface area contributed by atoms with Crippen molar-refractivity contribution in [2.75, 3.05) is 6.61 Å². The second-order valence-corrected chi connectivity index (χ2v) is 4.26. The van der Waals surface area contributed by atoms with Crippen LogP contribution in [0.1, 0.15) is 23.0 Å². The molecular weight excluding hydrogens is 280 g/mol. The number of hydrogen-bond donors (Lipinski definition) is 2. The van der Waals surface area contributed by atoms with Gasteiger partial charge in [0.1, 0.15) is 0 Å². The van der Waals surface area contributed by atoms with Crippen LogP contribution >= 0.6 is 12.4 Å². The summed E-state index contributed by atoms with van der Waals surface area (Å²) in [5.74, 6) is -1.12. The van der Waals surface area contributed by atoms with Crippen molar-refractivity contribution in [3.63, 3.8) is 0 Å². The van der Waals surface area contributed by atoms with Gasteiger partial charge in [0.25, 0.3) is 0 Å². The van der Waals surface area contributed by atoms with Gasteiger partial charge in [0.2, 0.25) is 0 Å². The number of Topliss-reactive ketones (excluding diaryl/α,β-unsaturated/α-hetero) is 1. The third-order valence-electron chi connectivity index (χ3n) is 2.96. The number of rotatable bonds is 4. The molecule has 0 aliphatic carbocycles. The standard InChI is InChI=1S/C14H16N2O3.ClH/c1-3-19-14(18)12(15)13(17)11-8(2)16-10-7-5-4-6-9(10)11;/h4-7,12,16H,3,15H2,1-2H3;1H. The Morgan fingerprint density at radius 1 is 1.35 bits per heavy atom. The minimum absolute atomic E-state index is 0. The highest BCUT2D eigenvalue weighted by molar-refractivity contribution is 6.18. The Morgan fingerprint density at radius 2 is 2.00 bits per heavy atom. The first-order valence-corrected chi connectivity index (χ1v) is 6.10. The number of nitrogens with two attached hydrogens (primary N) is 1. The van der Waals surface area contributed by atoms with Gasteiger partial charge in [0.05, 0.1) is 6.61 Å². The van der Waals surface area contributed by atoms with E-state index in [0.29, 0.717) is 11.3 Å². The van der Waals surface area contributed by atoms with Crippen LogP contribution in [0.3, 0.4) is 0 Å². The molecule has 2 aromatic rings. The summed E-state index contributed by atoms with van der Waals surface area (Å²) < 4.78 is 4.78. The Balaban J connectivity index is 0.00000200. The lowest BCUT2D eigenvalue weighted by atomic mass is 10.0. The molecule has 0 amide bonds. The average molecular weight is 297 g/mol. The zero-order chi connectivity index (χ0) is 14.0. The monoisotopic (exact) mass is 296 g/mol. The van der Waals surface area contributed by atoms with Crippen molar-refractivity contribution in [1.29, 1.82) is 0 Å². The van der Waals surface area contributed by atoms with E-state index in [1.165, 1.54) is 0 Å². The number of aromatic nitrogens is 1. The van der Waals surface area contributed by atoms with E-state index < -0.39 is 17.8 Å². The van der Waals surface area contributed by atoms with Gasteiger partial charge in [0.15, 0.2) is 11.8 Å². The molecule has 0 aliphatic rings. The zero-order valence-electron chi connectivity index (χ0n) is 11.3. The van der Waals surface area contributed by atoms with Crippen molar-refractivity contribution in [3.8, 4) is 0 Å². The van der Waals surface area contributed by atoms with Gasteiger partial charge in [-0.15, -0.1) is 12.4 Å². The number of para-hydroxylation sites is 1. The number of H-pyrrole nitrogens is 1. The first kappa shape index (κ1) is 16.2. The minimum atomic E-state index is -1.28. The highest BCUT2D eigenvalue weighted by Gasteiger charge is 2.28. The number of benzene rings is 1. The van der Waals surface area contributed by atoms with Gasteiger partial charge in [-0.3, -0.25) is 4.79 Å². The highest BCUT2D eigenvalue weighted by atomic mass is 35.5. The third kappa shape index (κ3) is 2.84. The average Bonchev–Trinajstić information content (AvgIpc) is 2.73. The molecule has 1 unspecified atom stereocenters. The molecule has 20 heavy (non-hydrogen) atoms. The first-order valence-electron chi connectivity index (χ1n) is 6.10. The summed E-state index contributed by atoms with van der Waals surface area (Å²) in [4.78, 5) is 27.0. The quantitative estimate of drug-likeness (QED) is 0.513. The maximum absolute atomic E-state index is 12.3. The van der Waals surface area contributed by atoms with E-state index in [-0.39, 0.29) is 19.0 Å². The Kier molecular flexibility index (Phi) is 5.30. The number of ether oxygens (including phenoxy) is 1. The summed E-state index contributed by atoms with van der Waals surface area (Å²) in [6.45, 7) is 3.66. The Hall–Kier alpha value is -1.85. The van der Waals surface area contributed by atoms with Crippen LogP contribution in [0.2, 0.25) is 0 Å². The lowest BCUT2D eigenvalue weighted by molar-refractivity contribution is -0.143. The van der Waals surface area contributed by atoms with E-state index in [0.717, 1.165) is 10.9 Å². The number of nitrogens with one attached hydrogen (secondary N) is 1. The van der Waals surface area contributed by atoms with Gasteiger partial charge in [0, 0.05) is 22.2 Å². The number of carbonyl (C=O) groups is 2. The van der Waals surface area contributed by atoms with Gasteiger partial charge in [-0.25, -0.2) is 4.79 Å². The van der Waals surface area contributed by atoms with Crippen molar-refractivity contribution in [1.82, 2.24) is 4.98 Å². The molecule has 0 saturated carbocycles. The van der Waals surface area contributed by atoms with Crippen molar-refractivity contribution in [2.45, 2.75) is 19.9 Å². The van der Waals surface area contributed by atoms with E-state index >= 15 is 0 Å². The third-order valence-corrected chi connectivity index (χ3v) is 2.96. The Labute approximate surface area is 122 Å². The van der Waals surface area contributed by atoms with Crippen LogP contribution < -0.4 is 5.73 Å². The molecule has 1 aromatic carbocycles. The number of aromatic amines is 1. The van der Waals surface area contributed by atoms with Gasteiger partial charge >= 0.3 is 5.97 Å². The Morgan fingerprint density at radius 3 is 2.65 bits per heavy atom. The van der Waals surface area contributed by atoms with E-state index in [9.17, 15) is 9.59 Å². The van der Waals surface area contributed by atoms with Crippen molar-refractivity contribution < 1.29 is 14.3 Å². The van der Waals surface area contributed by atoms with Crippen LogP contribution in [-0.4, -0.2) is 29.4 Å². The summed E-state index contributed by atoms with van der Waals surface area (Å²) in [5, 5.41) is 0.768. The maximum atomic E-state index is 12.3. The number of halogens is 1. The van der Waals surface area contributed by atoms with E-state index in [1.807, 2.05) is 24.3 Å². The molecule has 0 radical (unpaired) electrons. The normalized spacial score (nSPS) is 11.8. The molecule has 1 aromatic heterocycles. The van der Waals surface area contributed by atoms with E-state index in [2.05, 4.69) is 4.98 Å². The van der Waals surface area contributed by atoms with Crippen LogP contribution in [0.4, 0.5) is 0 Å². The van der Waals surface area contributed by atoms with Crippen molar-refractivity contribution in [2.24, 2.45) is 5.73 Å². The molecular formula is C14H17ClN2O3. The van der Waals surface area contributed by atoms with Crippen LogP contribution in [0, 0.1) is 6.92 Å². The lowest BCUT2D eigenvalue weighted by Gasteiger charge is -2.09. The maximum Gasteiger partial charge on any atom is 0.331 e. The first-order chi connectivity index (χ1) is 9.06. The van der Waals surface area contributed by atoms with Crippen LogP contribution in [-0.2, 0) is 9.53 Å². The SMILES string of the molecule is CCOC(=O)C(N)C(=O)c1c(C)[nH]c2ccccc12.Cl. The predicted octanol–water partition coefficient (Wildman–Crippen LogP) is 1.97. The van der Waals surface area contributed by atoms with E-state index in [4.69, 9.17) is 10.5 Å². The fourth-order valence-electron chi connectivity index (χ4n) is 2.09. The number of hydrogen-bond acceptors (Lipinski definition) is 4. The topological polar surface area (TPSA) is 85.2 Å². The highest BCUT2D eigenvalue weighted by Crippen LogP contribution is 2.23. The fourth-order valence-corrected chi connectivity index (χ4v) is 2.09. The molecule has 1 heterocycles. The second-order valence-electron chi connectivity index (χ2n) is 4.26. The number of esters is 1. The molecule has 0 saturated heterocycles. The van der Waals surface area contributed by atoms with Gasteiger partial charge in [-0.05, 0) is 19.9 Å². The zero-order valence-corrected chi connectivity index (χ0v) is 12.1. The molecule has 3 N–H and O–H groups in total. The van der Waals surface area contributed by atoms with Crippen molar-refractivity contribution in [3.05, 3.63) is 35.5 Å². The number of fused-ring (bicyclic) bond motifs is 1. The largest absolute Gasteiger partial charge is 0.464 e. The Bertz CT molecular complexity index is 636. The number of carbonyl (C=O) groups excluding carboxylic acids is 2. The van der Waals surface area contributed by atoms with Gasteiger partial charge in [-0.2, -0.15) is 0 Å². The van der Waals surface area contributed by atoms with Crippen LogP contribution in [0.15, 0.2) is 24.3 Å². The number of aryl methyl sites for hydroxylation is 1. The summed E-state index contributed by atoms with van der Waals surface area (Å²) in [7, 11) is 0. The molecule has 0 fully saturated rings. The molecule has 1 atom stereocenters. The summed E-state index contributed by atoms with van der Waals surface area (Å²) in [5.41, 5.74) is 7.66. The molecule has 108 valence electrons. The minimum Gasteiger partial charge on any atom is -0.464 e. The smallest absolute Gasteiger partial charge is 0.331 e. The summed E-state index contributed by atoms with van der Waals surface area (Å²) in [6.07, 6.45) is 0. The molecule has 5 nitrogen and oxygen atoms in total. The van der Waals surface area contributed by atoms with Crippen LogP contribution in [0.5, 0.6) is 0 Å². The molecule has 0 bridgehead atoms. The van der Waals surface area contributed by atoms with Gasteiger partial charge in [-0.1, -0.05) is 18.2 Å².